The molecular formula is C18H15NO. The minimum Gasteiger partial charge on any atom is -0.392 e. The Kier molecular flexibility index (Phi) is 2.35. The third-order valence-corrected chi connectivity index (χ3v) is 4.22. The van der Waals surface area contributed by atoms with Gasteiger partial charge in [-0.15, -0.1) is 0 Å². The molecule has 20 heavy (non-hydrogen) atoms. The fourth-order valence-electron chi connectivity index (χ4n) is 3.07. The molecule has 0 radical (unpaired) electrons. The molecule has 0 atom stereocenters. The number of rotatable bonds is 1. The SMILES string of the molecule is Cc1c(CO)ccc2c1[nH]c1c3ccccc3ccc21. The summed E-state index contributed by atoms with van der Waals surface area (Å²) in [5, 5.41) is 14.4. The van der Waals surface area contributed by atoms with E-state index in [-0.39, 0.29) is 6.61 Å². The number of H-pyrrole nitrogens is 1. The largest absolute Gasteiger partial charge is 0.392 e. The van der Waals surface area contributed by atoms with Crippen molar-refractivity contribution in [2.75, 3.05) is 0 Å². The van der Waals surface area contributed by atoms with Crippen molar-refractivity contribution in [3.63, 3.8) is 0 Å². The highest BCUT2D eigenvalue weighted by Gasteiger charge is 2.10. The van der Waals surface area contributed by atoms with Crippen LogP contribution < -0.4 is 0 Å². The van der Waals surface area contributed by atoms with Crippen molar-refractivity contribution in [3.05, 3.63) is 59.7 Å². The van der Waals surface area contributed by atoms with Crippen LogP contribution in [0.1, 0.15) is 11.1 Å². The van der Waals surface area contributed by atoms with Crippen LogP contribution in [0.2, 0.25) is 0 Å². The number of aromatic amines is 1. The van der Waals surface area contributed by atoms with E-state index in [0.717, 1.165) is 16.6 Å². The van der Waals surface area contributed by atoms with Gasteiger partial charge < -0.3 is 10.1 Å². The van der Waals surface area contributed by atoms with Crippen LogP contribution in [0.4, 0.5) is 0 Å². The number of fused-ring (bicyclic) bond motifs is 5. The highest BCUT2D eigenvalue weighted by molar-refractivity contribution is 6.17. The van der Waals surface area contributed by atoms with Crippen LogP contribution in [-0.2, 0) is 6.61 Å². The van der Waals surface area contributed by atoms with E-state index < -0.39 is 0 Å². The minimum atomic E-state index is 0.0812. The summed E-state index contributed by atoms with van der Waals surface area (Å²) in [5.41, 5.74) is 4.41. The Morgan fingerprint density at radius 1 is 0.850 bits per heavy atom. The van der Waals surface area contributed by atoms with Crippen LogP contribution >= 0.6 is 0 Å². The molecule has 3 aromatic carbocycles. The van der Waals surface area contributed by atoms with Gasteiger partial charge in [0.25, 0.3) is 0 Å². The lowest BCUT2D eigenvalue weighted by molar-refractivity contribution is 0.281. The Hall–Kier alpha value is -2.32. The second-order valence-electron chi connectivity index (χ2n) is 5.26. The lowest BCUT2D eigenvalue weighted by Crippen LogP contribution is -1.88. The predicted octanol–water partition coefficient (Wildman–Crippen LogP) is 4.28. The average Bonchev–Trinajstić information content (AvgIpc) is 2.88. The van der Waals surface area contributed by atoms with Gasteiger partial charge in [-0.05, 0) is 23.4 Å². The summed E-state index contributed by atoms with van der Waals surface area (Å²) in [5.74, 6) is 0. The third kappa shape index (κ3) is 1.43. The molecule has 0 saturated carbocycles. The molecule has 4 rings (SSSR count). The normalized spacial score (nSPS) is 11.7. The first kappa shape index (κ1) is 11.5. The van der Waals surface area contributed by atoms with Crippen LogP contribution in [0.15, 0.2) is 48.5 Å². The van der Waals surface area contributed by atoms with Gasteiger partial charge in [0.15, 0.2) is 0 Å². The van der Waals surface area contributed by atoms with Crippen molar-refractivity contribution in [2.24, 2.45) is 0 Å². The maximum atomic E-state index is 9.41. The van der Waals surface area contributed by atoms with E-state index in [1.165, 1.54) is 27.1 Å². The standard InChI is InChI=1S/C18H15NO/c1-11-13(10-20)7-9-15-16-8-6-12-4-2-3-5-14(12)18(16)19-17(11)15/h2-9,19-20H,10H2,1H3. The Bertz CT molecular complexity index is 950. The van der Waals surface area contributed by atoms with Crippen LogP contribution in [0.3, 0.4) is 0 Å². The molecule has 4 aromatic rings. The molecule has 0 saturated heterocycles. The van der Waals surface area contributed by atoms with Gasteiger partial charge in [-0.25, -0.2) is 0 Å². The zero-order valence-corrected chi connectivity index (χ0v) is 11.3. The summed E-state index contributed by atoms with van der Waals surface area (Å²) in [6.45, 7) is 2.14. The highest BCUT2D eigenvalue weighted by Crippen LogP contribution is 2.33. The summed E-state index contributed by atoms with van der Waals surface area (Å²) >= 11 is 0. The lowest BCUT2D eigenvalue weighted by Gasteiger charge is -2.02. The van der Waals surface area contributed by atoms with Gasteiger partial charge in [-0.2, -0.15) is 0 Å². The molecule has 0 unspecified atom stereocenters. The number of hydrogen-bond donors (Lipinski definition) is 2. The van der Waals surface area contributed by atoms with Crippen molar-refractivity contribution in [3.8, 4) is 0 Å². The molecular weight excluding hydrogens is 246 g/mol. The maximum Gasteiger partial charge on any atom is 0.0685 e. The van der Waals surface area contributed by atoms with Gasteiger partial charge in [0, 0.05) is 21.7 Å². The lowest BCUT2D eigenvalue weighted by atomic mass is 10.0. The molecule has 1 aromatic heterocycles. The molecule has 2 nitrogen and oxygen atoms in total. The molecule has 0 aliphatic carbocycles. The molecule has 0 bridgehead atoms. The van der Waals surface area contributed by atoms with Crippen molar-refractivity contribution in [2.45, 2.75) is 13.5 Å². The summed E-state index contributed by atoms with van der Waals surface area (Å²) in [6, 6.07) is 16.9. The van der Waals surface area contributed by atoms with Crippen LogP contribution in [0.25, 0.3) is 32.6 Å². The van der Waals surface area contributed by atoms with Crippen molar-refractivity contribution in [1.82, 2.24) is 4.98 Å². The third-order valence-electron chi connectivity index (χ3n) is 4.22. The highest BCUT2D eigenvalue weighted by atomic mass is 16.3. The summed E-state index contributed by atoms with van der Waals surface area (Å²) < 4.78 is 0. The molecule has 0 aliphatic rings. The zero-order valence-electron chi connectivity index (χ0n) is 11.3. The maximum absolute atomic E-state index is 9.41. The van der Waals surface area contributed by atoms with Gasteiger partial charge in [-0.1, -0.05) is 48.5 Å². The van der Waals surface area contributed by atoms with Crippen LogP contribution in [-0.4, -0.2) is 10.1 Å². The number of aliphatic hydroxyl groups excluding tert-OH is 1. The molecule has 2 N–H and O–H groups in total. The van der Waals surface area contributed by atoms with E-state index in [2.05, 4.69) is 54.4 Å². The zero-order chi connectivity index (χ0) is 13.7. The number of aliphatic hydroxyl groups is 1. The van der Waals surface area contributed by atoms with Gasteiger partial charge in [0.05, 0.1) is 12.1 Å². The van der Waals surface area contributed by atoms with E-state index in [9.17, 15) is 5.11 Å². The first-order valence-electron chi connectivity index (χ1n) is 6.82. The van der Waals surface area contributed by atoms with E-state index in [4.69, 9.17) is 0 Å². The van der Waals surface area contributed by atoms with E-state index in [1.54, 1.807) is 0 Å². The quantitative estimate of drug-likeness (QED) is 0.527. The fraction of sp³-hybridized carbons (Fsp3) is 0.111. The monoisotopic (exact) mass is 261 g/mol. The van der Waals surface area contributed by atoms with Gasteiger partial charge >= 0.3 is 0 Å². The van der Waals surface area contributed by atoms with Crippen molar-refractivity contribution in [1.29, 1.82) is 0 Å². The molecule has 2 heteroatoms. The van der Waals surface area contributed by atoms with E-state index in [0.29, 0.717) is 0 Å². The Morgan fingerprint density at radius 3 is 2.45 bits per heavy atom. The van der Waals surface area contributed by atoms with Gasteiger partial charge in [0.1, 0.15) is 0 Å². The molecule has 0 spiro atoms. The number of hydrogen-bond acceptors (Lipinski definition) is 1. The summed E-state index contributed by atoms with van der Waals surface area (Å²) in [6.07, 6.45) is 0. The molecule has 0 fully saturated rings. The Balaban J connectivity index is 2.23. The molecule has 98 valence electrons. The fourth-order valence-corrected chi connectivity index (χ4v) is 3.07. The predicted molar refractivity (Wildman–Crippen MR) is 84.0 cm³/mol. The smallest absolute Gasteiger partial charge is 0.0685 e. The second-order valence-corrected chi connectivity index (χ2v) is 5.26. The molecule has 0 amide bonds. The molecule has 0 aliphatic heterocycles. The topological polar surface area (TPSA) is 36.0 Å². The van der Waals surface area contributed by atoms with E-state index >= 15 is 0 Å². The van der Waals surface area contributed by atoms with Crippen LogP contribution in [0, 0.1) is 6.92 Å². The van der Waals surface area contributed by atoms with Gasteiger partial charge in [0.2, 0.25) is 0 Å². The number of benzene rings is 3. The number of aromatic nitrogens is 1. The van der Waals surface area contributed by atoms with E-state index in [1.807, 2.05) is 6.07 Å². The van der Waals surface area contributed by atoms with Crippen molar-refractivity contribution < 1.29 is 5.11 Å². The Morgan fingerprint density at radius 2 is 1.60 bits per heavy atom. The Labute approximate surface area is 116 Å². The van der Waals surface area contributed by atoms with Crippen molar-refractivity contribution >= 4 is 32.6 Å². The van der Waals surface area contributed by atoms with Gasteiger partial charge in [-0.3, -0.25) is 0 Å². The average molecular weight is 261 g/mol. The minimum absolute atomic E-state index is 0.0812. The summed E-state index contributed by atoms with van der Waals surface area (Å²) in [7, 11) is 0. The number of aryl methyl sites for hydroxylation is 1. The van der Waals surface area contributed by atoms with Crippen LogP contribution in [0.5, 0.6) is 0 Å². The first-order chi connectivity index (χ1) is 9.79. The first-order valence-corrected chi connectivity index (χ1v) is 6.82. The molecule has 1 heterocycles. The second kappa shape index (κ2) is 4.09. The summed E-state index contributed by atoms with van der Waals surface area (Å²) in [4.78, 5) is 3.55. The number of nitrogens with one attached hydrogen (secondary N) is 1.